The lowest BCUT2D eigenvalue weighted by Crippen LogP contribution is -2.50. The Morgan fingerprint density at radius 3 is 2.45 bits per heavy atom. The van der Waals surface area contributed by atoms with E-state index in [-0.39, 0.29) is 68.3 Å². The summed E-state index contributed by atoms with van der Waals surface area (Å²) in [5, 5.41) is 5.64. The predicted molar refractivity (Wildman–Crippen MR) is 158 cm³/mol. The average molecular weight is 583 g/mol. The zero-order chi connectivity index (χ0) is 30.6. The van der Waals surface area contributed by atoms with Crippen molar-refractivity contribution < 1.29 is 33.4 Å². The molecule has 11 heteroatoms. The van der Waals surface area contributed by atoms with Gasteiger partial charge >= 0.3 is 0 Å². The lowest BCUT2D eigenvalue weighted by molar-refractivity contribution is -0.136. The molecule has 3 rings (SSSR count). The minimum atomic E-state index is -0.991. The van der Waals surface area contributed by atoms with Crippen molar-refractivity contribution in [3.63, 3.8) is 0 Å². The Balaban J connectivity index is 1.77. The zero-order valence-corrected chi connectivity index (χ0v) is 25.1. The van der Waals surface area contributed by atoms with Crippen LogP contribution < -0.4 is 24.8 Å². The van der Waals surface area contributed by atoms with Crippen molar-refractivity contribution in [3.8, 4) is 17.2 Å². The number of likely N-dealkylation sites (N-methyl/N-ethyl adjacent to an activating group) is 2. The van der Waals surface area contributed by atoms with E-state index in [2.05, 4.69) is 10.6 Å². The third-order valence-corrected chi connectivity index (χ3v) is 6.93. The molecular formula is C31H42N4O7. The highest BCUT2D eigenvalue weighted by molar-refractivity contribution is 5.99. The number of methoxy groups -OCH3 is 1. The number of carbonyl (C=O) groups excluding carboxylic acids is 4. The van der Waals surface area contributed by atoms with Gasteiger partial charge in [-0.15, -0.1) is 0 Å². The number of nitrogens with zero attached hydrogens (tertiary/aromatic N) is 2. The summed E-state index contributed by atoms with van der Waals surface area (Å²) in [7, 11) is 4.86. The molecule has 228 valence electrons. The molecule has 4 amide bonds. The van der Waals surface area contributed by atoms with Crippen molar-refractivity contribution in [1.82, 2.24) is 20.4 Å². The molecule has 2 aromatic rings. The number of fused-ring (bicyclic) bond motifs is 1. The number of benzene rings is 2. The zero-order valence-electron chi connectivity index (χ0n) is 25.1. The second-order valence-electron chi connectivity index (χ2n) is 10.7. The van der Waals surface area contributed by atoms with Crippen LogP contribution in [0.25, 0.3) is 0 Å². The molecule has 0 saturated heterocycles. The summed E-state index contributed by atoms with van der Waals surface area (Å²) in [6, 6.07) is 12.1. The van der Waals surface area contributed by atoms with Gasteiger partial charge in [0.05, 0.1) is 25.8 Å². The van der Waals surface area contributed by atoms with Gasteiger partial charge in [-0.25, -0.2) is 0 Å². The van der Waals surface area contributed by atoms with E-state index in [1.165, 1.54) is 9.80 Å². The Morgan fingerprint density at radius 2 is 1.76 bits per heavy atom. The van der Waals surface area contributed by atoms with Gasteiger partial charge in [0.2, 0.25) is 17.7 Å². The average Bonchev–Trinajstić information content (AvgIpc) is 2.98. The van der Waals surface area contributed by atoms with Crippen LogP contribution in [0.3, 0.4) is 0 Å². The fourth-order valence-electron chi connectivity index (χ4n) is 4.53. The second-order valence-corrected chi connectivity index (χ2v) is 10.7. The highest BCUT2D eigenvalue weighted by atomic mass is 16.5. The van der Waals surface area contributed by atoms with Crippen LogP contribution in [0.2, 0.25) is 0 Å². The molecule has 1 aliphatic heterocycles. The van der Waals surface area contributed by atoms with E-state index < -0.39 is 18.0 Å². The van der Waals surface area contributed by atoms with E-state index in [1.54, 1.807) is 69.7 Å². The Kier molecular flexibility index (Phi) is 12.0. The lowest BCUT2D eigenvalue weighted by Gasteiger charge is -2.26. The number of rotatable bonds is 8. The topological polar surface area (TPSA) is 127 Å². The van der Waals surface area contributed by atoms with Crippen molar-refractivity contribution in [2.45, 2.75) is 45.2 Å². The van der Waals surface area contributed by atoms with Crippen LogP contribution in [0.5, 0.6) is 17.2 Å². The van der Waals surface area contributed by atoms with Gasteiger partial charge in [0.25, 0.3) is 5.91 Å². The van der Waals surface area contributed by atoms with Gasteiger partial charge in [-0.05, 0) is 55.2 Å². The molecular weight excluding hydrogens is 540 g/mol. The van der Waals surface area contributed by atoms with E-state index in [9.17, 15) is 19.2 Å². The highest BCUT2D eigenvalue weighted by Crippen LogP contribution is 2.20. The molecule has 0 unspecified atom stereocenters. The Hall–Kier alpha value is -4.28. The predicted octanol–water partition coefficient (Wildman–Crippen LogP) is 2.49. The van der Waals surface area contributed by atoms with Gasteiger partial charge in [0.1, 0.15) is 42.5 Å². The van der Waals surface area contributed by atoms with Crippen molar-refractivity contribution in [3.05, 3.63) is 54.1 Å². The summed E-state index contributed by atoms with van der Waals surface area (Å²) >= 11 is 0. The Bertz CT molecular complexity index is 1220. The van der Waals surface area contributed by atoms with Crippen LogP contribution in [-0.2, 0) is 14.4 Å². The molecule has 0 radical (unpaired) electrons. The first-order valence-electron chi connectivity index (χ1n) is 14.2. The number of nitrogens with one attached hydrogen (secondary N) is 2. The number of ether oxygens (including phenoxy) is 3. The molecule has 2 N–H and O–H groups in total. The van der Waals surface area contributed by atoms with Crippen LogP contribution in [0.1, 0.15) is 43.5 Å². The SMILES string of the molecule is COc1ccc(OCCN(C)C(=O)[C@@H]2CCC(=O)N[C@H](CC(C)C)C(=O)N(C)CCOc3ccccc3C(=O)N2)cc1. The van der Waals surface area contributed by atoms with Crippen molar-refractivity contribution >= 4 is 23.6 Å². The van der Waals surface area contributed by atoms with E-state index in [0.717, 1.165) is 0 Å². The quantitative estimate of drug-likeness (QED) is 0.490. The monoisotopic (exact) mass is 582 g/mol. The fourth-order valence-corrected chi connectivity index (χ4v) is 4.53. The lowest BCUT2D eigenvalue weighted by atomic mass is 10.0. The molecule has 0 aromatic heterocycles. The van der Waals surface area contributed by atoms with E-state index in [0.29, 0.717) is 23.7 Å². The molecule has 0 fully saturated rings. The number of carbonyl (C=O) groups is 4. The highest BCUT2D eigenvalue weighted by Gasteiger charge is 2.29. The Morgan fingerprint density at radius 1 is 1.07 bits per heavy atom. The van der Waals surface area contributed by atoms with E-state index in [4.69, 9.17) is 14.2 Å². The summed E-state index contributed by atoms with van der Waals surface area (Å²) in [4.78, 5) is 56.0. The molecule has 0 bridgehead atoms. The van der Waals surface area contributed by atoms with Crippen LogP contribution in [0, 0.1) is 5.92 Å². The molecule has 1 heterocycles. The fraction of sp³-hybridized carbons (Fsp3) is 0.484. The first-order chi connectivity index (χ1) is 20.1. The molecule has 0 spiro atoms. The standard InChI is InChI=1S/C31H42N4O7/c1-21(2)20-26-31(39)35(4)17-19-42-27-9-7-6-8-24(27)29(37)33-25(14-15-28(36)32-26)30(38)34(3)16-18-41-23-12-10-22(40-5)11-13-23/h6-13,21,25-26H,14-20H2,1-5H3,(H,32,36)(H,33,37)/t25-,26+/m0/s1. The third-order valence-electron chi connectivity index (χ3n) is 6.93. The summed E-state index contributed by atoms with van der Waals surface area (Å²) in [5.74, 6) is 0.386. The van der Waals surface area contributed by atoms with Gasteiger partial charge in [-0.3, -0.25) is 19.2 Å². The minimum absolute atomic E-state index is 0.0432. The molecule has 1 aliphatic rings. The van der Waals surface area contributed by atoms with Gasteiger partial charge in [-0.1, -0.05) is 26.0 Å². The van der Waals surface area contributed by atoms with Gasteiger partial charge < -0.3 is 34.6 Å². The molecule has 2 atom stereocenters. The maximum atomic E-state index is 13.5. The summed E-state index contributed by atoms with van der Waals surface area (Å²) in [6.45, 7) is 4.85. The van der Waals surface area contributed by atoms with Crippen LogP contribution in [-0.4, -0.2) is 93.0 Å². The maximum Gasteiger partial charge on any atom is 0.255 e. The van der Waals surface area contributed by atoms with Crippen LogP contribution in [0.15, 0.2) is 48.5 Å². The van der Waals surface area contributed by atoms with Crippen LogP contribution in [0.4, 0.5) is 0 Å². The van der Waals surface area contributed by atoms with E-state index >= 15 is 0 Å². The molecule has 42 heavy (non-hydrogen) atoms. The second kappa shape index (κ2) is 15.6. The van der Waals surface area contributed by atoms with E-state index in [1.807, 2.05) is 13.8 Å². The largest absolute Gasteiger partial charge is 0.497 e. The number of amides is 4. The van der Waals surface area contributed by atoms with Crippen molar-refractivity contribution in [2.75, 3.05) is 47.5 Å². The van der Waals surface area contributed by atoms with Crippen molar-refractivity contribution in [2.24, 2.45) is 5.92 Å². The first-order valence-corrected chi connectivity index (χ1v) is 14.2. The smallest absolute Gasteiger partial charge is 0.255 e. The summed E-state index contributed by atoms with van der Waals surface area (Å²) in [5.41, 5.74) is 0.256. The van der Waals surface area contributed by atoms with Gasteiger partial charge in [0.15, 0.2) is 0 Å². The van der Waals surface area contributed by atoms with Crippen molar-refractivity contribution in [1.29, 1.82) is 0 Å². The molecule has 11 nitrogen and oxygen atoms in total. The number of hydrogen-bond donors (Lipinski definition) is 2. The molecule has 0 aliphatic carbocycles. The van der Waals surface area contributed by atoms with Crippen LogP contribution >= 0.6 is 0 Å². The Labute approximate surface area is 247 Å². The molecule has 0 saturated carbocycles. The maximum absolute atomic E-state index is 13.5. The summed E-state index contributed by atoms with van der Waals surface area (Å²) in [6.07, 6.45) is 0.451. The third kappa shape index (κ3) is 9.39. The molecule has 2 aromatic carbocycles. The van der Waals surface area contributed by atoms with Gasteiger partial charge in [-0.2, -0.15) is 0 Å². The number of para-hydroxylation sites is 1. The minimum Gasteiger partial charge on any atom is -0.497 e. The normalized spacial score (nSPS) is 18.5. The summed E-state index contributed by atoms with van der Waals surface area (Å²) < 4.78 is 16.8. The van der Waals surface area contributed by atoms with Gasteiger partial charge in [0, 0.05) is 20.5 Å². The first kappa shape index (κ1) is 32.2. The number of hydrogen-bond acceptors (Lipinski definition) is 7.